The van der Waals surface area contributed by atoms with Gasteiger partial charge < -0.3 is 9.84 Å². The first-order valence-electron chi connectivity index (χ1n) is 6.35. The van der Waals surface area contributed by atoms with Gasteiger partial charge in [-0.05, 0) is 31.2 Å². The average Bonchev–Trinajstić information content (AvgIpc) is 3.13. The molecule has 0 amide bonds. The van der Waals surface area contributed by atoms with Crippen LogP contribution in [-0.2, 0) is 0 Å². The van der Waals surface area contributed by atoms with Gasteiger partial charge in [0.05, 0.1) is 12.2 Å². The topological polar surface area (TPSA) is 92.5 Å². The number of hydrogen-bond acceptors (Lipinski definition) is 6. The maximum absolute atomic E-state index is 5.38. The van der Waals surface area contributed by atoms with Gasteiger partial charge in [-0.15, -0.1) is 0 Å². The summed E-state index contributed by atoms with van der Waals surface area (Å²) in [7, 11) is 0. The van der Waals surface area contributed by atoms with Crippen molar-refractivity contribution in [1.82, 2.24) is 30.9 Å². The van der Waals surface area contributed by atoms with Crippen molar-refractivity contribution in [2.75, 3.05) is 6.54 Å². The summed E-state index contributed by atoms with van der Waals surface area (Å²) in [6, 6.07) is 0.214. The smallest absolute Gasteiger partial charge is 0.244 e. The summed E-state index contributed by atoms with van der Waals surface area (Å²) in [4.78, 5) is 4.43. The third kappa shape index (κ3) is 1.47. The van der Waals surface area contributed by atoms with E-state index in [1.165, 1.54) is 19.3 Å². The zero-order valence-electron chi connectivity index (χ0n) is 9.83. The van der Waals surface area contributed by atoms with E-state index in [0.29, 0.717) is 23.3 Å². The van der Waals surface area contributed by atoms with Gasteiger partial charge in [-0.25, -0.2) is 0 Å². The molecule has 2 fully saturated rings. The molecule has 0 spiro atoms. The quantitative estimate of drug-likeness (QED) is 0.818. The minimum atomic E-state index is 0.214. The first-order chi connectivity index (χ1) is 8.92. The summed E-state index contributed by atoms with van der Waals surface area (Å²) in [5, 5.41) is 17.7. The number of H-pyrrole nitrogens is 1. The predicted octanol–water partition coefficient (Wildman–Crippen LogP) is 0.915. The highest BCUT2D eigenvalue weighted by atomic mass is 16.5. The van der Waals surface area contributed by atoms with Crippen molar-refractivity contribution >= 4 is 0 Å². The SMILES string of the molecule is c1n[nH]nc1-c1noc(C2NCC3CCCC32)n1. The van der Waals surface area contributed by atoms with Crippen molar-refractivity contribution in [2.45, 2.75) is 25.3 Å². The largest absolute Gasteiger partial charge is 0.337 e. The van der Waals surface area contributed by atoms with Crippen molar-refractivity contribution in [1.29, 1.82) is 0 Å². The summed E-state index contributed by atoms with van der Waals surface area (Å²) in [5.74, 6) is 2.61. The molecule has 2 aliphatic rings. The van der Waals surface area contributed by atoms with Crippen molar-refractivity contribution in [3.05, 3.63) is 12.1 Å². The third-order valence-electron chi connectivity index (χ3n) is 4.10. The van der Waals surface area contributed by atoms with Gasteiger partial charge in [0.15, 0.2) is 5.69 Å². The molecular formula is C11H14N6O. The fourth-order valence-electron chi connectivity index (χ4n) is 3.23. The lowest BCUT2D eigenvalue weighted by molar-refractivity contribution is 0.302. The molecule has 2 aromatic heterocycles. The Labute approximate surface area is 103 Å². The zero-order chi connectivity index (χ0) is 11.9. The Kier molecular flexibility index (Phi) is 2.19. The van der Waals surface area contributed by atoms with E-state index in [1.54, 1.807) is 6.20 Å². The standard InChI is InChI=1S/C11H14N6O/c1-2-6-4-12-9(7(6)3-1)11-14-10(16-18-11)8-5-13-17-15-8/h5-7,9,12H,1-4H2,(H,13,15,17). The highest BCUT2D eigenvalue weighted by Crippen LogP contribution is 2.43. The van der Waals surface area contributed by atoms with Crippen LogP contribution in [0.25, 0.3) is 11.5 Å². The van der Waals surface area contributed by atoms with E-state index in [4.69, 9.17) is 4.52 Å². The lowest BCUT2D eigenvalue weighted by Gasteiger charge is -2.13. The molecular weight excluding hydrogens is 232 g/mol. The number of nitrogens with zero attached hydrogens (tertiary/aromatic N) is 4. The van der Waals surface area contributed by atoms with E-state index in [1.807, 2.05) is 0 Å². The third-order valence-corrected chi connectivity index (χ3v) is 4.10. The molecule has 4 rings (SSSR count). The van der Waals surface area contributed by atoms with Crippen LogP contribution >= 0.6 is 0 Å². The van der Waals surface area contributed by atoms with Crippen LogP contribution in [0.4, 0.5) is 0 Å². The number of hydrogen-bond donors (Lipinski definition) is 2. The van der Waals surface area contributed by atoms with E-state index in [2.05, 4.69) is 30.9 Å². The van der Waals surface area contributed by atoms with Crippen LogP contribution < -0.4 is 5.32 Å². The Balaban J connectivity index is 1.62. The molecule has 3 heterocycles. The highest BCUT2D eigenvalue weighted by molar-refractivity contribution is 5.44. The van der Waals surface area contributed by atoms with Crippen molar-refractivity contribution in [3.8, 4) is 11.5 Å². The highest BCUT2D eigenvalue weighted by Gasteiger charge is 2.42. The van der Waals surface area contributed by atoms with Crippen LogP contribution in [0.1, 0.15) is 31.2 Å². The van der Waals surface area contributed by atoms with E-state index < -0.39 is 0 Å². The number of aromatic nitrogens is 5. The second-order valence-corrected chi connectivity index (χ2v) is 5.05. The summed E-state index contributed by atoms with van der Waals surface area (Å²) in [6.07, 6.45) is 5.48. The molecule has 2 N–H and O–H groups in total. The molecule has 94 valence electrons. The monoisotopic (exact) mass is 246 g/mol. The van der Waals surface area contributed by atoms with Gasteiger partial charge in [-0.3, -0.25) is 0 Å². The van der Waals surface area contributed by atoms with Gasteiger partial charge in [-0.1, -0.05) is 11.6 Å². The van der Waals surface area contributed by atoms with Gasteiger partial charge in [0.2, 0.25) is 11.7 Å². The molecule has 0 radical (unpaired) electrons. The Hall–Kier alpha value is -1.76. The van der Waals surface area contributed by atoms with Gasteiger partial charge in [0.25, 0.3) is 0 Å². The second kappa shape index (κ2) is 3.88. The van der Waals surface area contributed by atoms with E-state index >= 15 is 0 Å². The van der Waals surface area contributed by atoms with Crippen molar-refractivity contribution in [3.63, 3.8) is 0 Å². The van der Waals surface area contributed by atoms with E-state index in [9.17, 15) is 0 Å². The van der Waals surface area contributed by atoms with Crippen molar-refractivity contribution < 1.29 is 4.52 Å². The summed E-state index contributed by atoms with van der Waals surface area (Å²) >= 11 is 0. The molecule has 3 atom stereocenters. The van der Waals surface area contributed by atoms with Crippen LogP contribution in [0.5, 0.6) is 0 Å². The summed E-state index contributed by atoms with van der Waals surface area (Å²) in [5.41, 5.74) is 0.617. The minimum absolute atomic E-state index is 0.214. The summed E-state index contributed by atoms with van der Waals surface area (Å²) < 4.78 is 5.38. The van der Waals surface area contributed by atoms with Crippen LogP contribution in [0.3, 0.4) is 0 Å². The lowest BCUT2D eigenvalue weighted by Crippen LogP contribution is -2.18. The van der Waals surface area contributed by atoms with Crippen LogP contribution in [0.15, 0.2) is 10.7 Å². The molecule has 18 heavy (non-hydrogen) atoms. The minimum Gasteiger partial charge on any atom is -0.337 e. The Morgan fingerprint density at radius 3 is 3.22 bits per heavy atom. The molecule has 2 aromatic rings. The van der Waals surface area contributed by atoms with E-state index in [-0.39, 0.29) is 6.04 Å². The zero-order valence-corrected chi connectivity index (χ0v) is 9.83. The van der Waals surface area contributed by atoms with Crippen LogP contribution in [0.2, 0.25) is 0 Å². The molecule has 1 saturated heterocycles. The lowest BCUT2D eigenvalue weighted by atomic mass is 9.94. The van der Waals surface area contributed by atoms with Gasteiger partial charge >= 0.3 is 0 Å². The van der Waals surface area contributed by atoms with Crippen LogP contribution in [0, 0.1) is 11.8 Å². The fraction of sp³-hybridized carbons (Fsp3) is 0.636. The molecule has 7 nitrogen and oxygen atoms in total. The number of aromatic amines is 1. The number of nitrogens with one attached hydrogen (secondary N) is 2. The molecule has 1 aliphatic carbocycles. The predicted molar refractivity (Wildman–Crippen MR) is 61.2 cm³/mol. The number of fused-ring (bicyclic) bond motifs is 1. The molecule has 0 aromatic carbocycles. The molecule has 1 saturated carbocycles. The Morgan fingerprint density at radius 1 is 1.33 bits per heavy atom. The molecule has 0 bridgehead atoms. The molecule has 3 unspecified atom stereocenters. The second-order valence-electron chi connectivity index (χ2n) is 5.05. The van der Waals surface area contributed by atoms with Crippen LogP contribution in [-0.4, -0.2) is 32.1 Å². The van der Waals surface area contributed by atoms with E-state index in [0.717, 1.165) is 12.5 Å². The maximum atomic E-state index is 5.38. The first kappa shape index (κ1) is 10.2. The van der Waals surface area contributed by atoms with Gasteiger partial charge in [0.1, 0.15) is 0 Å². The Bertz CT molecular complexity index is 535. The first-order valence-corrected chi connectivity index (χ1v) is 6.35. The maximum Gasteiger partial charge on any atom is 0.244 e. The summed E-state index contributed by atoms with van der Waals surface area (Å²) in [6.45, 7) is 1.07. The fourth-order valence-corrected chi connectivity index (χ4v) is 3.23. The van der Waals surface area contributed by atoms with Gasteiger partial charge in [0, 0.05) is 0 Å². The average molecular weight is 246 g/mol. The van der Waals surface area contributed by atoms with Crippen molar-refractivity contribution in [2.24, 2.45) is 11.8 Å². The normalized spacial score (nSPS) is 30.8. The molecule has 1 aliphatic heterocycles. The number of rotatable bonds is 2. The van der Waals surface area contributed by atoms with Gasteiger partial charge in [-0.2, -0.15) is 20.4 Å². The Morgan fingerprint density at radius 2 is 2.33 bits per heavy atom. The molecule has 7 heteroatoms.